The smallest absolute Gasteiger partial charge is 0.270 e. The number of hydrogen-bond donors (Lipinski definition) is 1. The molecule has 0 bridgehead atoms. The molecule has 3 rings (SSSR count). The van der Waals surface area contributed by atoms with Crippen LogP contribution in [0.4, 0.5) is 5.69 Å². The number of fused-ring (bicyclic) bond motifs is 1. The van der Waals surface area contributed by atoms with Gasteiger partial charge in [-0.15, -0.1) is 0 Å². The molecule has 1 N–H and O–H groups in total. The van der Waals surface area contributed by atoms with Gasteiger partial charge in [-0.1, -0.05) is 37.6 Å². The van der Waals surface area contributed by atoms with Gasteiger partial charge in [-0.3, -0.25) is 19.7 Å². The number of unbranched alkanes of at least 4 members (excludes halogenated alkanes) is 1. The topological polar surface area (TPSA) is 96.3 Å². The maximum atomic E-state index is 13.0. The summed E-state index contributed by atoms with van der Waals surface area (Å²) in [5.41, 5.74) is 2.11. The highest BCUT2D eigenvalue weighted by molar-refractivity contribution is 5.95. The standard InChI is InChI=1S/C22H23N3O4/c1-3-4-11-24(22(27)17-9-6-10-19(13-17)25(28)29)14-18-12-16-8-5-7-15(2)20(16)23-21(18)26/h5-10,12-13H,3-4,11,14H2,1-2H3,(H,23,26). The molecule has 0 saturated heterocycles. The molecule has 2 aromatic carbocycles. The molecule has 0 aliphatic carbocycles. The predicted octanol–water partition coefficient (Wildman–Crippen LogP) is 4.19. The van der Waals surface area contributed by atoms with Gasteiger partial charge in [-0.05, 0) is 36.4 Å². The summed E-state index contributed by atoms with van der Waals surface area (Å²) in [5.74, 6) is -0.328. The van der Waals surface area contributed by atoms with Crippen LogP contribution in [0.25, 0.3) is 10.9 Å². The summed E-state index contributed by atoms with van der Waals surface area (Å²) >= 11 is 0. The molecule has 7 heteroatoms. The van der Waals surface area contributed by atoms with Crippen LogP contribution < -0.4 is 5.56 Å². The fourth-order valence-electron chi connectivity index (χ4n) is 3.29. The van der Waals surface area contributed by atoms with Crippen molar-refractivity contribution in [2.24, 2.45) is 0 Å². The van der Waals surface area contributed by atoms with Gasteiger partial charge in [0.15, 0.2) is 0 Å². The largest absolute Gasteiger partial charge is 0.334 e. The van der Waals surface area contributed by atoms with Crippen LogP contribution in [0.2, 0.25) is 0 Å². The molecule has 0 spiro atoms. The number of aryl methyl sites for hydroxylation is 1. The predicted molar refractivity (Wildman–Crippen MR) is 112 cm³/mol. The number of hydrogen-bond acceptors (Lipinski definition) is 4. The van der Waals surface area contributed by atoms with E-state index < -0.39 is 4.92 Å². The number of nitro groups is 1. The number of nitrogens with one attached hydrogen (secondary N) is 1. The van der Waals surface area contributed by atoms with E-state index in [9.17, 15) is 19.7 Å². The lowest BCUT2D eigenvalue weighted by Gasteiger charge is -2.22. The van der Waals surface area contributed by atoms with Crippen molar-refractivity contribution in [1.29, 1.82) is 0 Å². The van der Waals surface area contributed by atoms with Gasteiger partial charge in [0.25, 0.3) is 17.2 Å². The first kappa shape index (κ1) is 20.3. The third kappa shape index (κ3) is 4.51. The van der Waals surface area contributed by atoms with E-state index in [-0.39, 0.29) is 29.3 Å². The number of amides is 1. The summed E-state index contributed by atoms with van der Waals surface area (Å²) in [4.78, 5) is 40.7. The van der Waals surface area contributed by atoms with Crippen molar-refractivity contribution < 1.29 is 9.72 Å². The second kappa shape index (κ2) is 8.68. The quantitative estimate of drug-likeness (QED) is 0.481. The average Bonchev–Trinajstić information content (AvgIpc) is 2.71. The van der Waals surface area contributed by atoms with Crippen molar-refractivity contribution in [3.05, 3.63) is 85.7 Å². The van der Waals surface area contributed by atoms with Crippen LogP contribution in [0.5, 0.6) is 0 Å². The number of nitrogens with zero attached hydrogens (tertiary/aromatic N) is 2. The van der Waals surface area contributed by atoms with Crippen molar-refractivity contribution in [3.8, 4) is 0 Å². The maximum absolute atomic E-state index is 13.0. The Balaban J connectivity index is 1.95. The first-order valence-electron chi connectivity index (χ1n) is 9.56. The third-order valence-corrected chi connectivity index (χ3v) is 4.90. The van der Waals surface area contributed by atoms with E-state index in [1.807, 2.05) is 32.0 Å². The number of aromatic amines is 1. The second-order valence-electron chi connectivity index (χ2n) is 7.05. The Morgan fingerprint density at radius 3 is 2.66 bits per heavy atom. The SMILES string of the molecule is CCCCN(Cc1cc2cccc(C)c2[nH]c1=O)C(=O)c1cccc([N+](=O)[O-])c1. The van der Waals surface area contributed by atoms with Gasteiger partial charge >= 0.3 is 0 Å². The lowest BCUT2D eigenvalue weighted by Crippen LogP contribution is -2.33. The van der Waals surface area contributed by atoms with Gasteiger partial charge in [-0.25, -0.2) is 0 Å². The van der Waals surface area contributed by atoms with Crippen molar-refractivity contribution in [3.63, 3.8) is 0 Å². The minimum atomic E-state index is -0.524. The summed E-state index contributed by atoms with van der Waals surface area (Å²) in [5, 5.41) is 11.9. The fourth-order valence-corrected chi connectivity index (χ4v) is 3.29. The van der Waals surface area contributed by atoms with Gasteiger partial charge in [-0.2, -0.15) is 0 Å². The zero-order chi connectivity index (χ0) is 21.0. The fraction of sp³-hybridized carbons (Fsp3) is 0.273. The molecule has 1 heterocycles. The van der Waals surface area contributed by atoms with E-state index in [0.717, 1.165) is 29.3 Å². The van der Waals surface area contributed by atoms with Gasteiger partial charge in [0.2, 0.25) is 0 Å². The lowest BCUT2D eigenvalue weighted by molar-refractivity contribution is -0.384. The molecule has 150 valence electrons. The highest BCUT2D eigenvalue weighted by atomic mass is 16.6. The van der Waals surface area contributed by atoms with Gasteiger partial charge in [0.1, 0.15) is 0 Å². The molecule has 0 saturated carbocycles. The van der Waals surface area contributed by atoms with Crippen molar-refractivity contribution in [1.82, 2.24) is 9.88 Å². The molecule has 29 heavy (non-hydrogen) atoms. The van der Waals surface area contributed by atoms with Crippen LogP contribution in [-0.4, -0.2) is 27.3 Å². The second-order valence-corrected chi connectivity index (χ2v) is 7.05. The molecule has 0 aliphatic rings. The number of carbonyl (C=O) groups excluding carboxylic acids is 1. The van der Waals surface area contributed by atoms with E-state index >= 15 is 0 Å². The molecule has 0 radical (unpaired) electrons. The number of benzene rings is 2. The van der Waals surface area contributed by atoms with Crippen LogP contribution >= 0.6 is 0 Å². The normalized spacial score (nSPS) is 10.8. The molecule has 0 fully saturated rings. The Kier molecular flexibility index (Phi) is 6.07. The Morgan fingerprint density at radius 1 is 1.17 bits per heavy atom. The van der Waals surface area contributed by atoms with E-state index in [4.69, 9.17) is 0 Å². The Labute approximate surface area is 168 Å². The molecule has 1 aromatic heterocycles. The van der Waals surface area contributed by atoms with Crippen molar-refractivity contribution >= 4 is 22.5 Å². The summed E-state index contributed by atoms with van der Waals surface area (Å²) in [7, 11) is 0. The molecule has 1 amide bonds. The number of rotatable bonds is 7. The average molecular weight is 393 g/mol. The Hall–Kier alpha value is -3.48. The highest BCUT2D eigenvalue weighted by Crippen LogP contribution is 2.18. The summed E-state index contributed by atoms with van der Waals surface area (Å²) in [6.45, 7) is 4.54. The molecular formula is C22H23N3O4. The van der Waals surface area contributed by atoms with Crippen LogP contribution in [0.1, 0.15) is 41.3 Å². The molecule has 0 atom stereocenters. The number of pyridine rings is 1. The molecule has 7 nitrogen and oxygen atoms in total. The van der Waals surface area contributed by atoms with Crippen LogP contribution in [0.3, 0.4) is 0 Å². The minimum Gasteiger partial charge on any atom is -0.334 e. The number of H-pyrrole nitrogens is 1. The lowest BCUT2D eigenvalue weighted by atomic mass is 10.1. The Bertz CT molecular complexity index is 1120. The number of carbonyl (C=O) groups is 1. The summed E-state index contributed by atoms with van der Waals surface area (Å²) < 4.78 is 0. The van der Waals surface area contributed by atoms with Crippen LogP contribution in [-0.2, 0) is 6.54 Å². The zero-order valence-corrected chi connectivity index (χ0v) is 16.5. The maximum Gasteiger partial charge on any atom is 0.270 e. The van der Waals surface area contributed by atoms with Crippen LogP contribution in [0.15, 0.2) is 53.3 Å². The first-order chi connectivity index (χ1) is 13.9. The zero-order valence-electron chi connectivity index (χ0n) is 16.5. The van der Waals surface area contributed by atoms with Crippen molar-refractivity contribution in [2.45, 2.75) is 33.2 Å². The monoisotopic (exact) mass is 393 g/mol. The van der Waals surface area contributed by atoms with Gasteiger partial charge in [0, 0.05) is 29.8 Å². The first-order valence-corrected chi connectivity index (χ1v) is 9.56. The molecular weight excluding hydrogens is 370 g/mol. The van der Waals surface area contributed by atoms with Crippen LogP contribution in [0, 0.1) is 17.0 Å². The van der Waals surface area contributed by atoms with E-state index in [0.29, 0.717) is 12.1 Å². The third-order valence-electron chi connectivity index (χ3n) is 4.90. The molecule has 0 unspecified atom stereocenters. The summed E-state index contributed by atoms with van der Waals surface area (Å²) in [6.07, 6.45) is 1.65. The number of nitro benzene ring substituents is 1. The van der Waals surface area contributed by atoms with Gasteiger partial charge in [0.05, 0.1) is 17.0 Å². The van der Waals surface area contributed by atoms with E-state index in [1.54, 1.807) is 17.0 Å². The number of para-hydroxylation sites is 1. The summed E-state index contributed by atoms with van der Waals surface area (Å²) in [6, 6.07) is 13.2. The molecule has 3 aromatic rings. The van der Waals surface area contributed by atoms with E-state index in [1.165, 1.54) is 18.2 Å². The van der Waals surface area contributed by atoms with Gasteiger partial charge < -0.3 is 9.88 Å². The molecule has 0 aliphatic heterocycles. The minimum absolute atomic E-state index is 0.134. The van der Waals surface area contributed by atoms with E-state index in [2.05, 4.69) is 4.98 Å². The number of aromatic nitrogens is 1. The Morgan fingerprint density at radius 2 is 1.93 bits per heavy atom. The number of non-ortho nitro benzene ring substituents is 1. The highest BCUT2D eigenvalue weighted by Gasteiger charge is 2.19. The van der Waals surface area contributed by atoms with Crippen molar-refractivity contribution in [2.75, 3.05) is 6.54 Å².